The summed E-state index contributed by atoms with van der Waals surface area (Å²) in [6.45, 7) is -1.27. The number of carbonyl (C=O) groups excluding carboxylic acids is 2. The quantitative estimate of drug-likeness (QED) is 0.443. The van der Waals surface area contributed by atoms with E-state index in [0.29, 0.717) is 11.3 Å². The molecular weight excluding hydrogens is 376 g/mol. The third kappa shape index (κ3) is 4.95. The first-order chi connectivity index (χ1) is 14.1. The number of ether oxygens (including phenoxy) is 1. The van der Waals surface area contributed by atoms with Gasteiger partial charge in [-0.25, -0.2) is 4.79 Å². The molecule has 3 rings (SSSR count). The summed E-state index contributed by atoms with van der Waals surface area (Å²) in [6.07, 6.45) is 0. The van der Waals surface area contributed by atoms with E-state index in [9.17, 15) is 14.4 Å². The third-order valence-corrected chi connectivity index (χ3v) is 3.86. The van der Waals surface area contributed by atoms with E-state index >= 15 is 0 Å². The van der Waals surface area contributed by atoms with Gasteiger partial charge in [-0.3, -0.25) is 14.5 Å². The highest BCUT2D eigenvalue weighted by Gasteiger charge is 2.19. The van der Waals surface area contributed by atoms with Crippen LogP contribution in [0.1, 0.15) is 0 Å². The predicted octanol–water partition coefficient (Wildman–Crippen LogP) is 1.60. The summed E-state index contributed by atoms with van der Waals surface area (Å²) in [5, 5.41) is 12.9. The molecule has 0 aliphatic carbocycles. The molecule has 0 N–H and O–H groups in total. The minimum absolute atomic E-state index is 0.0729. The first kappa shape index (κ1) is 19.6. The van der Waals surface area contributed by atoms with Gasteiger partial charge >= 0.3 is 11.7 Å². The Morgan fingerprint density at radius 2 is 1.76 bits per heavy atom. The van der Waals surface area contributed by atoms with E-state index in [1.807, 2.05) is 6.07 Å². The number of nitrogens with zero attached hydrogens (tertiary/aromatic N) is 4. The van der Waals surface area contributed by atoms with Gasteiger partial charge in [-0.2, -0.15) is 9.94 Å². The minimum atomic E-state index is -0.835. The van der Waals surface area contributed by atoms with Crippen LogP contribution in [0.5, 0.6) is 0 Å². The summed E-state index contributed by atoms with van der Waals surface area (Å²) in [5.74, 6) is -2.15. The van der Waals surface area contributed by atoms with E-state index in [0.717, 1.165) is 4.68 Å². The molecular formula is C20H16N4O5. The molecule has 0 aliphatic heterocycles. The van der Waals surface area contributed by atoms with Crippen molar-refractivity contribution in [1.29, 1.82) is 5.26 Å². The van der Waals surface area contributed by atoms with Crippen molar-refractivity contribution in [2.45, 2.75) is 6.54 Å². The van der Waals surface area contributed by atoms with Gasteiger partial charge in [-0.15, -0.1) is 5.10 Å². The number of anilines is 1. The molecule has 0 saturated heterocycles. The number of para-hydroxylation sites is 1. The Balaban J connectivity index is 1.61. The maximum atomic E-state index is 12.3. The molecule has 0 spiro atoms. The normalized spacial score (nSPS) is 10.2. The maximum Gasteiger partial charge on any atom is 0.437 e. The van der Waals surface area contributed by atoms with Crippen molar-refractivity contribution in [3.8, 4) is 17.5 Å². The Morgan fingerprint density at radius 1 is 1.10 bits per heavy atom. The lowest BCUT2D eigenvalue weighted by atomic mass is 10.2. The highest BCUT2D eigenvalue weighted by Crippen LogP contribution is 2.14. The molecule has 1 aromatic heterocycles. The number of carbonyl (C=O) groups is 2. The fourth-order valence-corrected chi connectivity index (χ4v) is 2.49. The Labute approximate surface area is 165 Å². The molecule has 0 fully saturated rings. The van der Waals surface area contributed by atoms with Crippen LogP contribution in [0.2, 0.25) is 0 Å². The molecule has 0 bridgehead atoms. The Kier molecular flexibility index (Phi) is 6.17. The van der Waals surface area contributed by atoms with E-state index in [-0.39, 0.29) is 12.4 Å². The zero-order valence-corrected chi connectivity index (χ0v) is 15.2. The van der Waals surface area contributed by atoms with Crippen LogP contribution in [0.4, 0.5) is 5.69 Å². The molecule has 0 aliphatic rings. The monoisotopic (exact) mass is 392 g/mol. The van der Waals surface area contributed by atoms with Gasteiger partial charge < -0.3 is 9.15 Å². The average molecular weight is 392 g/mol. The lowest BCUT2D eigenvalue weighted by Crippen LogP contribution is -2.35. The van der Waals surface area contributed by atoms with Gasteiger partial charge in [0.1, 0.15) is 13.1 Å². The fourth-order valence-electron chi connectivity index (χ4n) is 2.49. The van der Waals surface area contributed by atoms with Crippen LogP contribution in [0.15, 0.2) is 69.9 Å². The van der Waals surface area contributed by atoms with Gasteiger partial charge in [-0.05, 0) is 24.3 Å². The number of aromatic nitrogens is 2. The van der Waals surface area contributed by atoms with E-state index < -0.39 is 30.8 Å². The number of benzene rings is 2. The van der Waals surface area contributed by atoms with Crippen LogP contribution in [-0.2, 0) is 20.9 Å². The van der Waals surface area contributed by atoms with Crippen molar-refractivity contribution in [2.24, 2.45) is 0 Å². The van der Waals surface area contributed by atoms with E-state index in [1.165, 1.54) is 4.90 Å². The summed E-state index contributed by atoms with van der Waals surface area (Å²) in [5.41, 5.74) is 1.09. The van der Waals surface area contributed by atoms with Gasteiger partial charge in [0.15, 0.2) is 6.61 Å². The standard InChI is InChI=1S/C20H16N4O5/c21-11-12-23(16-9-5-2-6-10-16)17(25)14-28-18(26)13-24-20(27)29-19(22-24)15-7-3-1-4-8-15/h1-10H,12-14H2. The smallest absolute Gasteiger partial charge is 0.437 e. The zero-order chi connectivity index (χ0) is 20.6. The molecule has 1 heterocycles. The van der Waals surface area contributed by atoms with E-state index in [4.69, 9.17) is 14.4 Å². The second-order valence-corrected chi connectivity index (χ2v) is 5.83. The number of hydrogen-bond acceptors (Lipinski definition) is 7. The van der Waals surface area contributed by atoms with Crippen molar-refractivity contribution >= 4 is 17.6 Å². The molecule has 1 amide bonds. The first-order valence-corrected chi connectivity index (χ1v) is 8.60. The van der Waals surface area contributed by atoms with Crippen LogP contribution in [-0.4, -0.2) is 34.8 Å². The summed E-state index contributed by atoms with van der Waals surface area (Å²) < 4.78 is 10.8. The van der Waals surface area contributed by atoms with Crippen molar-refractivity contribution in [2.75, 3.05) is 18.1 Å². The van der Waals surface area contributed by atoms with Gasteiger partial charge in [-0.1, -0.05) is 36.4 Å². The van der Waals surface area contributed by atoms with Gasteiger partial charge in [0, 0.05) is 11.3 Å². The van der Waals surface area contributed by atoms with Gasteiger partial charge in [0.25, 0.3) is 5.91 Å². The third-order valence-electron chi connectivity index (χ3n) is 3.86. The van der Waals surface area contributed by atoms with Crippen molar-refractivity contribution in [3.63, 3.8) is 0 Å². The predicted molar refractivity (Wildman–Crippen MR) is 102 cm³/mol. The van der Waals surface area contributed by atoms with Gasteiger partial charge in [0.2, 0.25) is 5.89 Å². The van der Waals surface area contributed by atoms with E-state index in [1.54, 1.807) is 60.7 Å². The molecule has 0 radical (unpaired) electrons. The number of nitriles is 1. The zero-order valence-electron chi connectivity index (χ0n) is 15.2. The van der Waals surface area contributed by atoms with Crippen LogP contribution >= 0.6 is 0 Å². The lowest BCUT2D eigenvalue weighted by Gasteiger charge is -2.19. The number of rotatable bonds is 7. The molecule has 9 nitrogen and oxygen atoms in total. The van der Waals surface area contributed by atoms with Gasteiger partial charge in [0.05, 0.1) is 6.07 Å². The summed E-state index contributed by atoms with van der Waals surface area (Å²) in [6, 6.07) is 19.2. The topological polar surface area (TPSA) is 118 Å². The SMILES string of the molecule is N#CCN(C(=O)COC(=O)Cn1nc(-c2ccccc2)oc1=O)c1ccccc1. The summed E-state index contributed by atoms with van der Waals surface area (Å²) in [7, 11) is 0. The molecule has 146 valence electrons. The van der Waals surface area contributed by atoms with Crippen molar-refractivity contribution in [1.82, 2.24) is 9.78 Å². The summed E-state index contributed by atoms with van der Waals surface area (Å²) >= 11 is 0. The Morgan fingerprint density at radius 3 is 2.41 bits per heavy atom. The number of hydrogen-bond donors (Lipinski definition) is 0. The molecule has 3 aromatic rings. The average Bonchev–Trinajstić information content (AvgIpc) is 3.11. The van der Waals surface area contributed by atoms with Crippen LogP contribution in [0.3, 0.4) is 0 Å². The largest absolute Gasteiger partial charge is 0.454 e. The highest BCUT2D eigenvalue weighted by molar-refractivity contribution is 5.95. The molecule has 29 heavy (non-hydrogen) atoms. The Bertz CT molecular complexity index is 1080. The highest BCUT2D eigenvalue weighted by atomic mass is 16.5. The van der Waals surface area contributed by atoms with Crippen LogP contribution in [0.25, 0.3) is 11.5 Å². The molecule has 9 heteroatoms. The minimum Gasteiger partial charge on any atom is -0.454 e. The van der Waals surface area contributed by atoms with Crippen LogP contribution < -0.4 is 10.7 Å². The first-order valence-electron chi connectivity index (χ1n) is 8.60. The van der Waals surface area contributed by atoms with E-state index in [2.05, 4.69) is 5.10 Å². The molecule has 2 aromatic carbocycles. The van der Waals surface area contributed by atoms with Crippen molar-refractivity contribution in [3.05, 3.63) is 71.2 Å². The summed E-state index contributed by atoms with van der Waals surface area (Å²) in [4.78, 5) is 37.5. The number of amides is 1. The molecule has 0 saturated carbocycles. The van der Waals surface area contributed by atoms with Crippen LogP contribution in [0, 0.1) is 11.3 Å². The Hall–Kier alpha value is -4.19. The number of esters is 1. The second-order valence-electron chi connectivity index (χ2n) is 5.83. The molecule has 0 atom stereocenters. The second kappa shape index (κ2) is 9.14. The lowest BCUT2D eigenvalue weighted by molar-refractivity contribution is -0.148. The maximum absolute atomic E-state index is 12.3. The van der Waals surface area contributed by atoms with Crippen molar-refractivity contribution < 1.29 is 18.7 Å². The fraction of sp³-hybridized carbons (Fsp3) is 0.150. The molecule has 0 unspecified atom stereocenters.